The molecule has 0 amide bonds. The van der Waals surface area contributed by atoms with Gasteiger partial charge in [-0.25, -0.2) is 0 Å². The lowest BCUT2D eigenvalue weighted by atomic mass is 10.0. The van der Waals surface area contributed by atoms with Crippen molar-refractivity contribution < 1.29 is 4.79 Å². The van der Waals surface area contributed by atoms with Crippen molar-refractivity contribution in [3.63, 3.8) is 0 Å². The molecule has 0 aliphatic heterocycles. The molecule has 4 aromatic rings. The average molecular weight is 432 g/mol. The molecular weight excluding hydrogens is 410 g/mol. The second-order valence-electron chi connectivity index (χ2n) is 7.39. The zero-order chi connectivity index (χ0) is 20.3. The first-order chi connectivity index (χ1) is 14.8. The molecule has 30 heavy (non-hydrogen) atoms. The van der Waals surface area contributed by atoms with E-state index in [1.54, 1.807) is 11.3 Å². The van der Waals surface area contributed by atoms with Crippen molar-refractivity contribution in [1.82, 2.24) is 14.8 Å². The van der Waals surface area contributed by atoms with Crippen LogP contribution in [0.3, 0.4) is 0 Å². The van der Waals surface area contributed by atoms with Crippen LogP contribution in [0, 0.1) is 0 Å². The SMILES string of the molecule is O=C(c1ccccc1)C(Sc1nnc(Cc2cccs2)n1C1CC1)c1ccccc1. The largest absolute Gasteiger partial charge is 0.303 e. The summed E-state index contributed by atoms with van der Waals surface area (Å²) in [7, 11) is 0. The standard InChI is InChI=1S/C24H21N3OS2/c28-22(17-8-3-1-4-9-17)23(18-10-5-2-6-11-18)30-24-26-25-21(27(24)19-13-14-19)16-20-12-7-15-29-20/h1-12,15,19,23H,13-14,16H2. The predicted octanol–water partition coefficient (Wildman–Crippen LogP) is 5.98. The van der Waals surface area contributed by atoms with E-state index in [9.17, 15) is 4.79 Å². The number of nitrogens with zero attached hydrogens (tertiary/aromatic N) is 3. The van der Waals surface area contributed by atoms with Crippen LogP contribution in [0.2, 0.25) is 0 Å². The average Bonchev–Trinajstić information content (AvgIpc) is 3.35. The summed E-state index contributed by atoms with van der Waals surface area (Å²) in [5.74, 6) is 1.08. The quantitative estimate of drug-likeness (QED) is 0.254. The number of Topliss-reactive ketones (excluding diaryl/α,β-unsaturated/α-hetero) is 1. The highest BCUT2D eigenvalue weighted by Gasteiger charge is 2.32. The van der Waals surface area contributed by atoms with E-state index >= 15 is 0 Å². The third-order valence-corrected chi connectivity index (χ3v) is 7.27. The molecule has 4 nitrogen and oxygen atoms in total. The number of aromatic nitrogens is 3. The maximum absolute atomic E-state index is 13.4. The number of benzene rings is 2. The van der Waals surface area contributed by atoms with E-state index in [2.05, 4.69) is 32.3 Å². The lowest BCUT2D eigenvalue weighted by Gasteiger charge is -2.17. The molecule has 2 heterocycles. The Bertz CT molecular complexity index is 1120. The Hall–Kier alpha value is -2.70. The maximum Gasteiger partial charge on any atom is 0.192 e. The Balaban J connectivity index is 1.49. The van der Waals surface area contributed by atoms with Crippen molar-refractivity contribution in [2.75, 3.05) is 0 Å². The minimum atomic E-state index is -0.357. The molecule has 0 bridgehead atoms. The second-order valence-corrected chi connectivity index (χ2v) is 9.50. The van der Waals surface area contributed by atoms with Gasteiger partial charge in [0.1, 0.15) is 11.1 Å². The molecule has 150 valence electrons. The van der Waals surface area contributed by atoms with Gasteiger partial charge in [-0.1, -0.05) is 78.5 Å². The van der Waals surface area contributed by atoms with E-state index in [1.165, 1.54) is 16.6 Å². The summed E-state index contributed by atoms with van der Waals surface area (Å²) < 4.78 is 2.26. The van der Waals surface area contributed by atoms with Crippen LogP contribution >= 0.6 is 23.1 Å². The summed E-state index contributed by atoms with van der Waals surface area (Å²) in [6, 6.07) is 24.1. The van der Waals surface area contributed by atoms with Crippen molar-refractivity contribution in [3.05, 3.63) is 100 Å². The van der Waals surface area contributed by atoms with Crippen molar-refractivity contribution >= 4 is 28.9 Å². The molecule has 0 spiro atoms. The van der Waals surface area contributed by atoms with Crippen LogP contribution < -0.4 is 0 Å². The van der Waals surface area contributed by atoms with Gasteiger partial charge in [-0.3, -0.25) is 4.79 Å². The molecule has 1 saturated carbocycles. The highest BCUT2D eigenvalue weighted by Crippen LogP contribution is 2.43. The van der Waals surface area contributed by atoms with Gasteiger partial charge in [-0.05, 0) is 29.9 Å². The molecule has 1 aliphatic rings. The van der Waals surface area contributed by atoms with E-state index in [1.807, 2.05) is 60.7 Å². The summed E-state index contributed by atoms with van der Waals surface area (Å²) in [5, 5.41) is 11.6. The van der Waals surface area contributed by atoms with E-state index in [4.69, 9.17) is 0 Å². The minimum absolute atomic E-state index is 0.0944. The molecule has 2 aromatic carbocycles. The summed E-state index contributed by atoms with van der Waals surface area (Å²) in [6.45, 7) is 0. The van der Waals surface area contributed by atoms with Gasteiger partial charge in [-0.15, -0.1) is 21.5 Å². The molecule has 1 aliphatic carbocycles. The van der Waals surface area contributed by atoms with Gasteiger partial charge >= 0.3 is 0 Å². The third-order valence-electron chi connectivity index (χ3n) is 5.18. The number of rotatable bonds is 8. The molecule has 0 N–H and O–H groups in total. The summed E-state index contributed by atoms with van der Waals surface area (Å²) in [6.07, 6.45) is 3.07. The summed E-state index contributed by atoms with van der Waals surface area (Å²) in [4.78, 5) is 14.7. The Kier molecular flexibility index (Phi) is 5.51. The topological polar surface area (TPSA) is 47.8 Å². The smallest absolute Gasteiger partial charge is 0.192 e. The fourth-order valence-corrected chi connectivity index (χ4v) is 5.44. The monoisotopic (exact) mass is 431 g/mol. The number of thiophene rings is 1. The summed E-state index contributed by atoms with van der Waals surface area (Å²) in [5.41, 5.74) is 1.71. The van der Waals surface area contributed by atoms with Crippen LogP contribution in [0.4, 0.5) is 0 Å². The molecule has 1 atom stereocenters. The van der Waals surface area contributed by atoms with Crippen LogP contribution in [0.25, 0.3) is 0 Å². The molecule has 5 rings (SSSR count). The first-order valence-electron chi connectivity index (χ1n) is 10.1. The Morgan fingerprint density at radius 1 is 1.00 bits per heavy atom. The molecule has 0 radical (unpaired) electrons. The molecular formula is C24H21N3OS2. The van der Waals surface area contributed by atoms with Gasteiger partial charge in [-0.2, -0.15) is 0 Å². The van der Waals surface area contributed by atoms with Gasteiger partial charge in [0.15, 0.2) is 10.9 Å². The van der Waals surface area contributed by atoms with E-state index in [-0.39, 0.29) is 11.0 Å². The normalized spacial score (nSPS) is 14.5. The van der Waals surface area contributed by atoms with Crippen molar-refractivity contribution in [1.29, 1.82) is 0 Å². The Morgan fingerprint density at radius 2 is 1.73 bits per heavy atom. The van der Waals surface area contributed by atoms with Crippen LogP contribution in [0.5, 0.6) is 0 Å². The van der Waals surface area contributed by atoms with Crippen molar-refractivity contribution in [3.8, 4) is 0 Å². The first kappa shape index (κ1) is 19.3. The van der Waals surface area contributed by atoms with Gasteiger partial charge in [0.2, 0.25) is 0 Å². The molecule has 1 fully saturated rings. The van der Waals surface area contributed by atoms with Gasteiger partial charge in [0.05, 0.1) is 0 Å². The minimum Gasteiger partial charge on any atom is -0.303 e. The summed E-state index contributed by atoms with van der Waals surface area (Å²) >= 11 is 3.26. The highest BCUT2D eigenvalue weighted by molar-refractivity contribution is 8.00. The zero-order valence-corrected chi connectivity index (χ0v) is 18.0. The number of carbonyl (C=O) groups excluding carboxylic acids is 1. The second kappa shape index (κ2) is 8.58. The van der Waals surface area contributed by atoms with Gasteiger partial charge in [0.25, 0.3) is 0 Å². The van der Waals surface area contributed by atoms with Gasteiger partial charge < -0.3 is 4.57 Å². The molecule has 6 heteroatoms. The van der Waals surface area contributed by atoms with Crippen LogP contribution in [-0.2, 0) is 6.42 Å². The van der Waals surface area contributed by atoms with E-state index < -0.39 is 0 Å². The van der Waals surface area contributed by atoms with Gasteiger partial charge in [0, 0.05) is 22.9 Å². The fourth-order valence-electron chi connectivity index (χ4n) is 3.54. The Morgan fingerprint density at radius 3 is 2.40 bits per heavy atom. The Labute approximate surface area is 184 Å². The fraction of sp³-hybridized carbons (Fsp3) is 0.208. The van der Waals surface area contributed by atoms with Crippen molar-refractivity contribution in [2.45, 2.75) is 35.7 Å². The van der Waals surface area contributed by atoms with Crippen LogP contribution in [0.15, 0.2) is 83.3 Å². The van der Waals surface area contributed by atoms with Crippen LogP contribution in [0.1, 0.15) is 50.8 Å². The zero-order valence-electron chi connectivity index (χ0n) is 16.3. The highest BCUT2D eigenvalue weighted by atomic mass is 32.2. The molecule has 2 aromatic heterocycles. The third kappa shape index (κ3) is 4.11. The van der Waals surface area contributed by atoms with Crippen LogP contribution in [-0.4, -0.2) is 20.5 Å². The number of thioether (sulfide) groups is 1. The van der Waals surface area contributed by atoms with E-state index in [0.29, 0.717) is 6.04 Å². The lowest BCUT2D eigenvalue weighted by molar-refractivity contribution is 0.0989. The molecule has 1 unspecified atom stereocenters. The number of hydrogen-bond donors (Lipinski definition) is 0. The van der Waals surface area contributed by atoms with Crippen molar-refractivity contribution in [2.24, 2.45) is 0 Å². The van der Waals surface area contributed by atoms with E-state index in [0.717, 1.165) is 41.4 Å². The predicted molar refractivity (Wildman–Crippen MR) is 121 cm³/mol. The first-order valence-corrected chi connectivity index (χ1v) is 11.8. The maximum atomic E-state index is 13.4. The lowest BCUT2D eigenvalue weighted by Crippen LogP contribution is -2.12. The number of ketones is 1. The molecule has 0 saturated heterocycles. The number of carbonyl (C=O) groups is 1. The number of hydrogen-bond acceptors (Lipinski definition) is 5.